The summed E-state index contributed by atoms with van der Waals surface area (Å²) in [6.07, 6.45) is 0. The number of piperazine rings is 1. The topological polar surface area (TPSA) is 61.4 Å². The molecule has 0 radical (unpaired) electrons. The molecule has 1 aliphatic rings. The van der Waals surface area contributed by atoms with Crippen LogP contribution >= 0.6 is 11.6 Å². The zero-order valence-electron chi connectivity index (χ0n) is 14.8. The highest BCUT2D eigenvalue weighted by molar-refractivity contribution is 6.33. The molecule has 0 spiro atoms. The Bertz CT molecular complexity index is 808. The van der Waals surface area contributed by atoms with E-state index in [2.05, 4.69) is 20.2 Å². The Hall–Kier alpha value is -2.41. The van der Waals surface area contributed by atoms with Crippen molar-refractivity contribution in [3.05, 3.63) is 46.4 Å². The highest BCUT2D eigenvalue weighted by atomic mass is 35.5. The summed E-state index contributed by atoms with van der Waals surface area (Å²) >= 11 is 6.01. The van der Waals surface area contributed by atoms with E-state index in [0.29, 0.717) is 37.7 Å². The van der Waals surface area contributed by atoms with Crippen LogP contribution in [-0.4, -0.2) is 53.5 Å². The molecule has 1 aromatic heterocycles. The summed E-state index contributed by atoms with van der Waals surface area (Å²) in [6.45, 7) is 7.10. The Kier molecular flexibility index (Phi) is 5.56. The Morgan fingerprint density at radius 2 is 1.96 bits per heavy atom. The van der Waals surface area contributed by atoms with E-state index in [0.717, 1.165) is 24.1 Å². The number of carbonyl (C=O) groups excluding carboxylic acids is 1. The van der Waals surface area contributed by atoms with Gasteiger partial charge < -0.3 is 15.1 Å². The van der Waals surface area contributed by atoms with Gasteiger partial charge in [0.1, 0.15) is 11.6 Å². The molecule has 1 amide bonds. The summed E-state index contributed by atoms with van der Waals surface area (Å²) in [6, 6.07) is 5.79. The summed E-state index contributed by atoms with van der Waals surface area (Å²) in [5.41, 5.74) is 1.22. The van der Waals surface area contributed by atoms with E-state index in [4.69, 9.17) is 11.6 Å². The van der Waals surface area contributed by atoms with Gasteiger partial charge in [0.05, 0.1) is 10.6 Å². The van der Waals surface area contributed by atoms with Gasteiger partial charge in [-0.15, -0.1) is 0 Å². The van der Waals surface area contributed by atoms with Gasteiger partial charge >= 0.3 is 0 Å². The second-order valence-corrected chi connectivity index (χ2v) is 6.53. The first-order chi connectivity index (χ1) is 12.5. The minimum absolute atomic E-state index is 0.138. The number of aromatic nitrogens is 2. The summed E-state index contributed by atoms with van der Waals surface area (Å²) < 4.78 is 13.2. The first-order valence-corrected chi connectivity index (χ1v) is 8.94. The molecule has 26 heavy (non-hydrogen) atoms. The van der Waals surface area contributed by atoms with Crippen molar-refractivity contribution in [2.75, 3.05) is 42.9 Å². The third-order valence-corrected chi connectivity index (χ3v) is 4.54. The lowest BCUT2D eigenvalue weighted by molar-refractivity contribution is 0.0746. The molecule has 138 valence electrons. The first-order valence-electron chi connectivity index (χ1n) is 8.56. The fourth-order valence-electron chi connectivity index (χ4n) is 2.92. The maximum Gasteiger partial charge on any atom is 0.255 e. The molecule has 1 N–H and O–H groups in total. The van der Waals surface area contributed by atoms with Crippen molar-refractivity contribution in [2.24, 2.45) is 0 Å². The van der Waals surface area contributed by atoms with Crippen molar-refractivity contribution in [1.82, 2.24) is 14.9 Å². The summed E-state index contributed by atoms with van der Waals surface area (Å²) in [5.74, 6) is 0.827. The number of amides is 1. The number of rotatable bonds is 4. The summed E-state index contributed by atoms with van der Waals surface area (Å²) in [5, 5.41) is 3.27. The lowest BCUT2D eigenvalue weighted by Crippen LogP contribution is -2.49. The number of benzene rings is 1. The molecule has 1 fully saturated rings. The van der Waals surface area contributed by atoms with Crippen molar-refractivity contribution in [2.45, 2.75) is 13.8 Å². The zero-order chi connectivity index (χ0) is 18.7. The van der Waals surface area contributed by atoms with Crippen LogP contribution in [0.2, 0.25) is 5.02 Å². The van der Waals surface area contributed by atoms with Gasteiger partial charge in [-0.3, -0.25) is 4.79 Å². The van der Waals surface area contributed by atoms with Crippen LogP contribution in [0, 0.1) is 12.7 Å². The Labute approximate surface area is 157 Å². The van der Waals surface area contributed by atoms with Crippen LogP contribution in [0.15, 0.2) is 24.3 Å². The van der Waals surface area contributed by atoms with Crippen LogP contribution in [0.4, 0.5) is 16.2 Å². The molecule has 0 bridgehead atoms. The van der Waals surface area contributed by atoms with E-state index in [1.165, 1.54) is 12.1 Å². The number of aryl methyl sites for hydroxylation is 1. The minimum atomic E-state index is -0.452. The number of carbonyl (C=O) groups is 1. The number of hydrogen-bond donors (Lipinski definition) is 1. The predicted molar refractivity (Wildman–Crippen MR) is 100 cm³/mol. The normalized spacial score (nSPS) is 14.5. The molecule has 0 saturated carbocycles. The van der Waals surface area contributed by atoms with Gasteiger partial charge in [-0.25, -0.2) is 9.37 Å². The molecule has 1 aromatic carbocycles. The lowest BCUT2D eigenvalue weighted by atomic mass is 10.1. The fraction of sp³-hybridized carbons (Fsp3) is 0.389. The summed E-state index contributed by atoms with van der Waals surface area (Å²) in [7, 11) is 0. The van der Waals surface area contributed by atoms with Crippen molar-refractivity contribution in [3.63, 3.8) is 0 Å². The fourth-order valence-corrected chi connectivity index (χ4v) is 3.17. The highest BCUT2D eigenvalue weighted by Crippen LogP contribution is 2.21. The second kappa shape index (κ2) is 7.86. The number of nitrogens with zero attached hydrogens (tertiary/aromatic N) is 4. The second-order valence-electron chi connectivity index (χ2n) is 6.12. The van der Waals surface area contributed by atoms with Crippen molar-refractivity contribution >= 4 is 29.3 Å². The van der Waals surface area contributed by atoms with Gasteiger partial charge in [0, 0.05) is 44.5 Å². The molecule has 6 nitrogen and oxygen atoms in total. The molecule has 1 aliphatic heterocycles. The molecular formula is C18H21ClFN5O. The number of anilines is 2. The van der Waals surface area contributed by atoms with Gasteiger partial charge in [0.15, 0.2) is 0 Å². The molecular weight excluding hydrogens is 357 g/mol. The average molecular weight is 378 g/mol. The maximum absolute atomic E-state index is 13.2. The van der Waals surface area contributed by atoms with Gasteiger partial charge in [0.2, 0.25) is 5.95 Å². The van der Waals surface area contributed by atoms with Gasteiger partial charge in [0.25, 0.3) is 5.91 Å². The smallest absolute Gasteiger partial charge is 0.255 e. The van der Waals surface area contributed by atoms with E-state index in [1.807, 2.05) is 19.9 Å². The van der Waals surface area contributed by atoms with Gasteiger partial charge in [-0.2, -0.15) is 4.98 Å². The number of halogens is 2. The maximum atomic E-state index is 13.2. The summed E-state index contributed by atoms with van der Waals surface area (Å²) in [4.78, 5) is 25.4. The quantitative estimate of drug-likeness (QED) is 0.887. The van der Waals surface area contributed by atoms with E-state index >= 15 is 0 Å². The van der Waals surface area contributed by atoms with E-state index in [9.17, 15) is 9.18 Å². The standard InChI is InChI=1S/C18H21ClFN5O/c1-3-21-18-22-12(2)10-16(23-18)24-6-8-25(9-7-24)17(26)14-5-4-13(20)11-15(14)19/h4-5,10-11H,3,6-9H2,1-2H3,(H,21,22,23). The molecule has 0 aliphatic carbocycles. The third kappa shape index (κ3) is 4.04. The molecule has 2 heterocycles. The SMILES string of the molecule is CCNc1nc(C)cc(N2CCN(C(=O)c3ccc(F)cc3Cl)CC2)n1. The van der Waals surface area contributed by atoms with Crippen LogP contribution in [0.25, 0.3) is 0 Å². The van der Waals surface area contributed by atoms with Crippen molar-refractivity contribution in [1.29, 1.82) is 0 Å². The molecule has 0 unspecified atom stereocenters. The van der Waals surface area contributed by atoms with Crippen molar-refractivity contribution in [3.8, 4) is 0 Å². The molecule has 1 saturated heterocycles. The minimum Gasteiger partial charge on any atom is -0.354 e. The molecule has 8 heteroatoms. The van der Waals surface area contributed by atoms with Crippen LogP contribution in [-0.2, 0) is 0 Å². The Balaban J connectivity index is 1.68. The predicted octanol–water partition coefficient (Wildman–Crippen LogP) is 2.97. The van der Waals surface area contributed by atoms with Crippen LogP contribution in [0.5, 0.6) is 0 Å². The van der Waals surface area contributed by atoms with Crippen LogP contribution in [0.3, 0.4) is 0 Å². The molecule has 3 rings (SSSR count). The van der Waals surface area contributed by atoms with Crippen molar-refractivity contribution < 1.29 is 9.18 Å². The average Bonchev–Trinajstić information content (AvgIpc) is 2.61. The third-order valence-electron chi connectivity index (χ3n) is 4.23. The Morgan fingerprint density at radius 3 is 2.62 bits per heavy atom. The van der Waals surface area contributed by atoms with E-state index < -0.39 is 5.82 Å². The van der Waals surface area contributed by atoms with Gasteiger partial charge in [-0.05, 0) is 32.0 Å². The number of hydrogen-bond acceptors (Lipinski definition) is 5. The zero-order valence-corrected chi connectivity index (χ0v) is 15.6. The number of nitrogens with one attached hydrogen (secondary N) is 1. The van der Waals surface area contributed by atoms with E-state index in [1.54, 1.807) is 4.90 Å². The van der Waals surface area contributed by atoms with E-state index in [-0.39, 0.29) is 10.9 Å². The van der Waals surface area contributed by atoms with Gasteiger partial charge in [-0.1, -0.05) is 11.6 Å². The van der Waals surface area contributed by atoms with Crippen LogP contribution < -0.4 is 10.2 Å². The molecule has 0 atom stereocenters. The Morgan fingerprint density at radius 1 is 1.23 bits per heavy atom. The largest absolute Gasteiger partial charge is 0.354 e. The lowest BCUT2D eigenvalue weighted by Gasteiger charge is -2.35. The highest BCUT2D eigenvalue weighted by Gasteiger charge is 2.24. The first kappa shape index (κ1) is 18.4. The molecule has 2 aromatic rings. The monoisotopic (exact) mass is 377 g/mol. The van der Waals surface area contributed by atoms with Crippen LogP contribution in [0.1, 0.15) is 23.0 Å².